The fourth-order valence-corrected chi connectivity index (χ4v) is 2.60. The van der Waals surface area contributed by atoms with E-state index in [4.69, 9.17) is 5.73 Å². The molecule has 2 unspecified atom stereocenters. The van der Waals surface area contributed by atoms with Gasteiger partial charge in [-0.3, -0.25) is 0 Å². The van der Waals surface area contributed by atoms with E-state index in [9.17, 15) is 0 Å². The van der Waals surface area contributed by atoms with Gasteiger partial charge < -0.3 is 5.73 Å². The highest BCUT2D eigenvalue weighted by Crippen LogP contribution is 2.30. The summed E-state index contributed by atoms with van der Waals surface area (Å²) < 4.78 is 0. The molecule has 1 saturated carbocycles. The molecule has 2 atom stereocenters. The van der Waals surface area contributed by atoms with Crippen molar-refractivity contribution in [2.75, 3.05) is 0 Å². The molecule has 78 valence electrons. The zero-order valence-corrected chi connectivity index (χ0v) is 9.26. The van der Waals surface area contributed by atoms with Crippen LogP contribution in [0.2, 0.25) is 0 Å². The third-order valence-electron chi connectivity index (χ3n) is 3.63. The number of hydrogen-bond acceptors (Lipinski definition) is 1. The molecule has 0 heterocycles. The zero-order valence-electron chi connectivity index (χ0n) is 9.26. The van der Waals surface area contributed by atoms with Crippen LogP contribution in [0.3, 0.4) is 0 Å². The minimum absolute atomic E-state index is 0.395. The van der Waals surface area contributed by atoms with Crippen molar-refractivity contribution < 1.29 is 0 Å². The van der Waals surface area contributed by atoms with E-state index in [0.29, 0.717) is 6.04 Å². The van der Waals surface area contributed by atoms with E-state index < -0.39 is 0 Å². The first-order chi connectivity index (χ1) is 6.24. The van der Waals surface area contributed by atoms with E-state index >= 15 is 0 Å². The van der Waals surface area contributed by atoms with Crippen molar-refractivity contribution in [1.29, 1.82) is 0 Å². The molecule has 0 spiro atoms. The van der Waals surface area contributed by atoms with Gasteiger partial charge in [0.05, 0.1) is 0 Å². The zero-order chi connectivity index (χ0) is 9.68. The monoisotopic (exact) mass is 183 g/mol. The summed E-state index contributed by atoms with van der Waals surface area (Å²) >= 11 is 0. The maximum Gasteiger partial charge on any atom is 0.00387 e. The van der Waals surface area contributed by atoms with E-state index in [2.05, 4.69) is 13.8 Å². The van der Waals surface area contributed by atoms with Gasteiger partial charge in [0.2, 0.25) is 0 Å². The third kappa shape index (κ3) is 3.68. The highest BCUT2D eigenvalue weighted by molar-refractivity contribution is 4.74. The molecule has 1 fully saturated rings. The molecule has 0 bridgehead atoms. The Balaban J connectivity index is 2.27. The Bertz CT molecular complexity index is 125. The van der Waals surface area contributed by atoms with E-state index in [1.807, 2.05) is 0 Å². The summed E-state index contributed by atoms with van der Waals surface area (Å²) in [5, 5.41) is 0. The second kappa shape index (κ2) is 5.64. The third-order valence-corrected chi connectivity index (χ3v) is 3.63. The molecule has 0 aromatic rings. The lowest BCUT2D eigenvalue weighted by Crippen LogP contribution is -2.28. The van der Waals surface area contributed by atoms with Crippen LogP contribution in [0.25, 0.3) is 0 Å². The van der Waals surface area contributed by atoms with Gasteiger partial charge in [0.25, 0.3) is 0 Å². The summed E-state index contributed by atoms with van der Waals surface area (Å²) in [7, 11) is 0. The van der Waals surface area contributed by atoms with Gasteiger partial charge in [-0.05, 0) is 25.2 Å². The van der Waals surface area contributed by atoms with Crippen LogP contribution in [0, 0.1) is 11.8 Å². The number of rotatable bonds is 4. The molecule has 1 heteroatoms. The lowest BCUT2D eigenvalue weighted by Gasteiger charge is -2.27. The van der Waals surface area contributed by atoms with E-state index in [-0.39, 0.29) is 0 Å². The maximum absolute atomic E-state index is 5.96. The molecule has 0 radical (unpaired) electrons. The first kappa shape index (κ1) is 11.0. The second-order valence-corrected chi connectivity index (χ2v) is 4.77. The molecular weight excluding hydrogens is 158 g/mol. The van der Waals surface area contributed by atoms with Crippen molar-refractivity contribution in [3.05, 3.63) is 0 Å². The SMILES string of the molecule is CCC(CC1CCCCC1)C(C)N. The van der Waals surface area contributed by atoms with Crippen molar-refractivity contribution >= 4 is 0 Å². The average molecular weight is 183 g/mol. The van der Waals surface area contributed by atoms with Crippen molar-refractivity contribution in [3.63, 3.8) is 0 Å². The highest BCUT2D eigenvalue weighted by atomic mass is 14.6. The average Bonchev–Trinajstić information content (AvgIpc) is 2.15. The van der Waals surface area contributed by atoms with Crippen LogP contribution in [-0.2, 0) is 0 Å². The van der Waals surface area contributed by atoms with E-state index in [0.717, 1.165) is 11.8 Å². The highest BCUT2D eigenvalue weighted by Gasteiger charge is 2.19. The predicted octanol–water partition coefficient (Wildman–Crippen LogP) is 3.33. The Labute approximate surface area is 83.1 Å². The molecule has 1 rings (SSSR count). The Hall–Kier alpha value is -0.0400. The van der Waals surface area contributed by atoms with Gasteiger partial charge in [-0.1, -0.05) is 45.4 Å². The Morgan fingerprint density at radius 2 is 1.85 bits per heavy atom. The van der Waals surface area contributed by atoms with Gasteiger partial charge in [-0.15, -0.1) is 0 Å². The van der Waals surface area contributed by atoms with E-state index in [1.165, 1.54) is 44.9 Å². The van der Waals surface area contributed by atoms with Gasteiger partial charge in [-0.25, -0.2) is 0 Å². The van der Waals surface area contributed by atoms with Crippen molar-refractivity contribution in [2.24, 2.45) is 17.6 Å². The molecule has 1 aliphatic rings. The first-order valence-electron chi connectivity index (χ1n) is 5.99. The van der Waals surface area contributed by atoms with Crippen LogP contribution in [0.1, 0.15) is 58.8 Å². The standard InChI is InChI=1S/C12H25N/c1-3-12(10(2)13)9-11-7-5-4-6-8-11/h10-12H,3-9,13H2,1-2H3. The van der Waals surface area contributed by atoms with Gasteiger partial charge in [0.15, 0.2) is 0 Å². The van der Waals surface area contributed by atoms with Crippen LogP contribution in [0.15, 0.2) is 0 Å². The van der Waals surface area contributed by atoms with Crippen LogP contribution in [0.5, 0.6) is 0 Å². The van der Waals surface area contributed by atoms with Crippen LogP contribution >= 0.6 is 0 Å². The normalized spacial score (nSPS) is 24.2. The Kier molecular flexibility index (Phi) is 4.79. The second-order valence-electron chi connectivity index (χ2n) is 4.77. The molecule has 13 heavy (non-hydrogen) atoms. The van der Waals surface area contributed by atoms with Crippen molar-refractivity contribution in [2.45, 2.75) is 64.8 Å². The number of hydrogen-bond donors (Lipinski definition) is 1. The van der Waals surface area contributed by atoms with Crippen LogP contribution < -0.4 is 5.73 Å². The molecular formula is C12H25N. The first-order valence-corrected chi connectivity index (χ1v) is 5.99. The maximum atomic E-state index is 5.96. The minimum atomic E-state index is 0.395. The molecule has 0 aliphatic heterocycles. The molecule has 1 nitrogen and oxygen atoms in total. The number of nitrogens with two attached hydrogens (primary N) is 1. The quantitative estimate of drug-likeness (QED) is 0.711. The molecule has 0 aromatic carbocycles. The van der Waals surface area contributed by atoms with Gasteiger partial charge in [-0.2, -0.15) is 0 Å². The molecule has 1 aliphatic carbocycles. The van der Waals surface area contributed by atoms with Crippen LogP contribution in [0.4, 0.5) is 0 Å². The minimum Gasteiger partial charge on any atom is -0.328 e. The van der Waals surface area contributed by atoms with Crippen molar-refractivity contribution in [1.82, 2.24) is 0 Å². The lowest BCUT2D eigenvalue weighted by molar-refractivity contribution is 0.263. The van der Waals surface area contributed by atoms with Crippen LogP contribution in [-0.4, -0.2) is 6.04 Å². The summed E-state index contributed by atoms with van der Waals surface area (Å²) in [4.78, 5) is 0. The van der Waals surface area contributed by atoms with Gasteiger partial charge in [0.1, 0.15) is 0 Å². The van der Waals surface area contributed by atoms with E-state index in [1.54, 1.807) is 0 Å². The summed E-state index contributed by atoms with van der Waals surface area (Å²) in [6, 6.07) is 0.395. The largest absolute Gasteiger partial charge is 0.328 e. The molecule has 0 aromatic heterocycles. The fourth-order valence-electron chi connectivity index (χ4n) is 2.60. The molecule has 2 N–H and O–H groups in total. The van der Waals surface area contributed by atoms with Gasteiger partial charge in [0, 0.05) is 6.04 Å². The lowest BCUT2D eigenvalue weighted by atomic mass is 9.80. The van der Waals surface area contributed by atoms with Crippen molar-refractivity contribution in [3.8, 4) is 0 Å². The summed E-state index contributed by atoms with van der Waals surface area (Å²) in [5.74, 6) is 1.76. The smallest absolute Gasteiger partial charge is 0.00387 e. The van der Waals surface area contributed by atoms with Gasteiger partial charge >= 0.3 is 0 Å². The fraction of sp³-hybridized carbons (Fsp3) is 1.00. The molecule has 0 amide bonds. The summed E-state index contributed by atoms with van der Waals surface area (Å²) in [6.07, 6.45) is 9.94. The topological polar surface area (TPSA) is 26.0 Å². The summed E-state index contributed by atoms with van der Waals surface area (Å²) in [6.45, 7) is 4.44. The predicted molar refractivity (Wildman–Crippen MR) is 58.6 cm³/mol. The molecule has 0 saturated heterocycles. The Morgan fingerprint density at radius 1 is 1.23 bits per heavy atom. The summed E-state index contributed by atoms with van der Waals surface area (Å²) in [5.41, 5.74) is 5.96. The Morgan fingerprint density at radius 3 is 2.31 bits per heavy atom.